The number of rotatable bonds is 9. The monoisotopic (exact) mass is 509 g/mol. The maximum atomic E-state index is 13.6. The van der Waals surface area contributed by atoms with Crippen LogP contribution in [0.15, 0.2) is 65.7 Å². The molecule has 0 radical (unpaired) electrons. The molecule has 0 spiro atoms. The molecule has 2 heterocycles. The molecular weight excluding hydrogens is 490 g/mol. The van der Waals surface area contributed by atoms with Crippen LogP contribution in [0.25, 0.3) is 0 Å². The first-order valence-corrected chi connectivity index (χ1v) is 12.1. The van der Waals surface area contributed by atoms with Gasteiger partial charge in [0.1, 0.15) is 0 Å². The summed E-state index contributed by atoms with van der Waals surface area (Å²) in [7, 11) is -1.75. The van der Waals surface area contributed by atoms with Crippen molar-refractivity contribution in [2.24, 2.45) is 0 Å². The lowest BCUT2D eigenvalue weighted by Gasteiger charge is -2.31. The number of methoxy groups -OCH3 is 2. The molecule has 3 rings (SSSR count). The lowest BCUT2D eigenvalue weighted by atomic mass is 10.2. The van der Waals surface area contributed by atoms with Gasteiger partial charge in [-0.15, -0.1) is 11.3 Å². The fourth-order valence-electron chi connectivity index (χ4n) is 2.95. The molecule has 0 aliphatic rings. The van der Waals surface area contributed by atoms with Gasteiger partial charge < -0.3 is 14.8 Å². The Balaban J connectivity index is 2.05. The molecular formula is C21H20ClN3O6S2. The van der Waals surface area contributed by atoms with Crippen LogP contribution in [0.5, 0.6) is 5.88 Å². The number of anilines is 1. The Morgan fingerprint density at radius 1 is 1.15 bits per heavy atom. The highest BCUT2D eigenvalue weighted by molar-refractivity contribution is 7.93. The third-order valence-electron chi connectivity index (χ3n) is 4.49. The molecule has 0 aliphatic carbocycles. The predicted octanol–water partition coefficient (Wildman–Crippen LogP) is 2.97. The lowest BCUT2D eigenvalue weighted by molar-refractivity contribution is -0.141. The molecule has 2 aromatic heterocycles. The Morgan fingerprint density at radius 3 is 2.48 bits per heavy atom. The number of nitrogens with one attached hydrogen (secondary N) is 1. The normalized spacial score (nSPS) is 12.0. The van der Waals surface area contributed by atoms with E-state index in [2.05, 4.69) is 10.3 Å². The van der Waals surface area contributed by atoms with Crippen molar-refractivity contribution in [2.45, 2.75) is 10.9 Å². The molecule has 33 heavy (non-hydrogen) atoms. The van der Waals surface area contributed by atoms with Crippen molar-refractivity contribution in [3.05, 3.63) is 70.0 Å². The number of sulfonamides is 1. The molecule has 12 heteroatoms. The van der Waals surface area contributed by atoms with Crippen LogP contribution in [0.1, 0.15) is 9.67 Å². The van der Waals surface area contributed by atoms with Gasteiger partial charge in [0.05, 0.1) is 40.6 Å². The van der Waals surface area contributed by atoms with E-state index >= 15 is 0 Å². The molecule has 0 fully saturated rings. The summed E-state index contributed by atoms with van der Waals surface area (Å²) in [6.45, 7) is -0.363. The summed E-state index contributed by atoms with van der Waals surface area (Å²) >= 11 is 6.94. The van der Waals surface area contributed by atoms with E-state index in [0.29, 0.717) is 9.21 Å². The maximum absolute atomic E-state index is 13.6. The van der Waals surface area contributed by atoms with Gasteiger partial charge >= 0.3 is 5.97 Å². The molecule has 1 unspecified atom stereocenters. The van der Waals surface area contributed by atoms with E-state index < -0.39 is 27.9 Å². The Labute approximate surface area is 200 Å². The van der Waals surface area contributed by atoms with E-state index in [1.165, 1.54) is 43.6 Å². The number of aromatic nitrogens is 1. The van der Waals surface area contributed by atoms with Crippen LogP contribution in [0.4, 0.5) is 5.69 Å². The molecule has 174 valence electrons. The summed E-state index contributed by atoms with van der Waals surface area (Å²) in [4.78, 5) is 29.6. The van der Waals surface area contributed by atoms with Crippen molar-refractivity contribution >= 4 is 50.5 Å². The Bertz CT molecular complexity index is 1230. The fraction of sp³-hybridized carbons (Fsp3) is 0.190. The van der Waals surface area contributed by atoms with E-state index in [1.807, 2.05) is 0 Å². The Morgan fingerprint density at radius 2 is 1.88 bits per heavy atom. The number of halogens is 1. The second kappa shape index (κ2) is 10.6. The second-order valence-corrected chi connectivity index (χ2v) is 10.1. The Kier molecular flexibility index (Phi) is 7.90. The average Bonchev–Trinajstić information content (AvgIpc) is 3.27. The number of esters is 1. The summed E-state index contributed by atoms with van der Waals surface area (Å²) < 4.78 is 38.6. The first-order valence-electron chi connectivity index (χ1n) is 9.49. The van der Waals surface area contributed by atoms with E-state index in [1.54, 1.807) is 24.3 Å². The summed E-state index contributed by atoms with van der Waals surface area (Å²) in [6.07, 6.45) is 1.35. The zero-order valence-electron chi connectivity index (χ0n) is 17.6. The summed E-state index contributed by atoms with van der Waals surface area (Å²) in [6, 6.07) is 12.1. The highest BCUT2D eigenvalue weighted by Gasteiger charge is 2.37. The second-order valence-electron chi connectivity index (χ2n) is 6.52. The van der Waals surface area contributed by atoms with Gasteiger partial charge in [-0.1, -0.05) is 29.8 Å². The number of carbonyl (C=O) groups is 2. The van der Waals surface area contributed by atoms with Gasteiger partial charge in [0.15, 0.2) is 6.04 Å². The van der Waals surface area contributed by atoms with Crippen molar-refractivity contribution in [3.8, 4) is 5.88 Å². The van der Waals surface area contributed by atoms with Crippen LogP contribution in [0.3, 0.4) is 0 Å². The van der Waals surface area contributed by atoms with Crippen molar-refractivity contribution in [2.75, 3.05) is 25.1 Å². The van der Waals surface area contributed by atoms with Gasteiger partial charge in [0, 0.05) is 12.3 Å². The number of amides is 1. The molecule has 1 amide bonds. The van der Waals surface area contributed by atoms with Crippen LogP contribution < -0.4 is 14.4 Å². The number of hydrogen-bond acceptors (Lipinski definition) is 8. The predicted molar refractivity (Wildman–Crippen MR) is 124 cm³/mol. The maximum Gasteiger partial charge on any atom is 0.331 e. The highest BCUT2D eigenvalue weighted by atomic mass is 35.5. The number of carbonyl (C=O) groups excluding carboxylic acids is 2. The number of benzene rings is 1. The quantitative estimate of drug-likeness (QED) is 0.441. The van der Waals surface area contributed by atoms with E-state index in [9.17, 15) is 18.0 Å². The van der Waals surface area contributed by atoms with E-state index in [-0.39, 0.29) is 23.0 Å². The number of ether oxygens (including phenoxy) is 2. The topological polar surface area (TPSA) is 115 Å². The molecule has 9 nitrogen and oxygen atoms in total. The average molecular weight is 510 g/mol. The molecule has 1 aromatic carbocycles. The summed E-state index contributed by atoms with van der Waals surface area (Å²) in [5, 5.41) is 2.59. The van der Waals surface area contributed by atoms with Crippen LogP contribution in [0.2, 0.25) is 4.34 Å². The van der Waals surface area contributed by atoms with Crippen molar-refractivity contribution < 1.29 is 27.5 Å². The number of thiophene rings is 1. The Hall–Kier alpha value is -3.15. The van der Waals surface area contributed by atoms with Gasteiger partial charge in [-0.05, 0) is 30.3 Å². The van der Waals surface area contributed by atoms with Gasteiger partial charge in [-0.3, -0.25) is 4.79 Å². The molecule has 0 saturated carbocycles. The number of pyridine rings is 1. The minimum absolute atomic E-state index is 0.0500. The van der Waals surface area contributed by atoms with Gasteiger partial charge in [0.2, 0.25) is 5.88 Å². The third kappa shape index (κ3) is 5.62. The third-order valence-corrected chi connectivity index (χ3v) is 7.57. The zero-order chi connectivity index (χ0) is 24.0. The fourth-order valence-corrected chi connectivity index (χ4v) is 5.53. The number of nitrogens with zero attached hydrogens (tertiary/aromatic N) is 2. The number of hydrogen-bond donors (Lipinski definition) is 1. The first-order chi connectivity index (χ1) is 15.8. The van der Waals surface area contributed by atoms with Gasteiger partial charge in [0.25, 0.3) is 15.9 Å². The summed E-state index contributed by atoms with van der Waals surface area (Å²) in [5.41, 5.74) is 0.106. The standard InChI is InChI=1S/C21H20ClN3O6S2/c1-30-19-12-14(10-11-23-19)25(33(28,29)15-6-4-3-5-7-15)16(21(27)31-2)13-24-20(26)17-8-9-18(22)32-17/h3-12,16H,13H2,1-2H3,(H,24,26). The minimum atomic E-state index is -4.26. The molecule has 0 saturated heterocycles. The largest absolute Gasteiger partial charge is 0.481 e. The molecule has 1 N–H and O–H groups in total. The van der Waals surface area contributed by atoms with Gasteiger partial charge in [-0.25, -0.2) is 22.5 Å². The van der Waals surface area contributed by atoms with Crippen LogP contribution in [-0.4, -0.2) is 52.1 Å². The smallest absolute Gasteiger partial charge is 0.331 e. The van der Waals surface area contributed by atoms with Crippen LogP contribution in [0, 0.1) is 0 Å². The SMILES string of the molecule is COC(=O)C(CNC(=O)c1ccc(Cl)s1)N(c1ccnc(OC)c1)S(=O)(=O)c1ccccc1. The summed E-state index contributed by atoms with van der Waals surface area (Å²) in [5.74, 6) is -1.23. The highest BCUT2D eigenvalue weighted by Crippen LogP contribution is 2.29. The first kappa shape index (κ1) is 24.5. The zero-order valence-corrected chi connectivity index (χ0v) is 20.0. The van der Waals surface area contributed by atoms with E-state index in [0.717, 1.165) is 22.8 Å². The molecule has 3 aromatic rings. The van der Waals surface area contributed by atoms with Crippen LogP contribution >= 0.6 is 22.9 Å². The molecule has 0 aliphatic heterocycles. The molecule has 1 atom stereocenters. The van der Waals surface area contributed by atoms with Crippen molar-refractivity contribution in [3.63, 3.8) is 0 Å². The van der Waals surface area contributed by atoms with E-state index in [4.69, 9.17) is 21.1 Å². The molecule has 0 bridgehead atoms. The van der Waals surface area contributed by atoms with Crippen molar-refractivity contribution in [1.29, 1.82) is 0 Å². The lowest BCUT2D eigenvalue weighted by Crippen LogP contribution is -2.52. The minimum Gasteiger partial charge on any atom is -0.481 e. The van der Waals surface area contributed by atoms with Crippen molar-refractivity contribution in [1.82, 2.24) is 10.3 Å². The van der Waals surface area contributed by atoms with Crippen LogP contribution in [-0.2, 0) is 19.6 Å². The van der Waals surface area contributed by atoms with Gasteiger partial charge in [-0.2, -0.15) is 0 Å².